The minimum atomic E-state index is -4.51. The summed E-state index contributed by atoms with van der Waals surface area (Å²) in [6, 6.07) is 0. The number of alkyl halides is 3. The van der Waals surface area contributed by atoms with E-state index in [1.165, 1.54) is 0 Å². The molecule has 4 saturated carbocycles. The molecule has 0 aromatic heterocycles. The Morgan fingerprint density at radius 3 is 2.32 bits per heavy atom. The summed E-state index contributed by atoms with van der Waals surface area (Å²) in [5.74, 6) is 2.80. The molecule has 4 aliphatic rings. The first-order chi connectivity index (χ1) is 8.58. The lowest BCUT2D eigenvalue weighted by molar-refractivity contribution is -0.260. The van der Waals surface area contributed by atoms with Gasteiger partial charge in [0.2, 0.25) is 0 Å². The van der Waals surface area contributed by atoms with Crippen LogP contribution in [0.15, 0.2) is 0 Å². The van der Waals surface area contributed by atoms with Gasteiger partial charge in [-0.25, -0.2) is 0 Å². The van der Waals surface area contributed by atoms with Crippen LogP contribution in [0.1, 0.15) is 40.0 Å². The smallest absolute Gasteiger partial charge is 0.381 e. The number of aliphatic hydroxyl groups is 1. The standard InChI is InChI=1S/C15H21F3O/c1-7-10-11-8(2)14(11)6-13(7,10)5-9(14)4-12(3,19)15(16,17)18/h7-11,19H,4-6H2,1-3H3. The van der Waals surface area contributed by atoms with Gasteiger partial charge in [0.05, 0.1) is 0 Å². The Hall–Kier alpha value is -0.250. The van der Waals surface area contributed by atoms with Crippen LogP contribution in [0.4, 0.5) is 13.2 Å². The van der Waals surface area contributed by atoms with Crippen LogP contribution < -0.4 is 0 Å². The van der Waals surface area contributed by atoms with Crippen molar-refractivity contribution in [2.45, 2.75) is 51.8 Å². The van der Waals surface area contributed by atoms with Crippen LogP contribution >= 0.6 is 0 Å². The first-order valence-electron chi connectivity index (χ1n) is 7.37. The van der Waals surface area contributed by atoms with E-state index in [2.05, 4.69) is 13.8 Å². The Labute approximate surface area is 111 Å². The summed E-state index contributed by atoms with van der Waals surface area (Å²) in [7, 11) is 0. The molecular formula is C15H21F3O. The highest BCUT2D eigenvalue weighted by Gasteiger charge is 2.90. The van der Waals surface area contributed by atoms with Crippen molar-refractivity contribution >= 4 is 0 Å². The van der Waals surface area contributed by atoms with E-state index in [4.69, 9.17) is 0 Å². The molecule has 1 nitrogen and oxygen atoms in total. The SMILES string of the molecule is CC1C2C3C(C)C34CC12CC4CC(C)(O)C(F)(F)F. The van der Waals surface area contributed by atoms with E-state index in [-0.39, 0.29) is 17.8 Å². The summed E-state index contributed by atoms with van der Waals surface area (Å²) < 4.78 is 38.7. The predicted molar refractivity (Wildman–Crippen MR) is 64.2 cm³/mol. The van der Waals surface area contributed by atoms with Crippen molar-refractivity contribution in [3.05, 3.63) is 0 Å². The second-order valence-electron chi connectivity index (χ2n) is 8.03. The molecule has 8 atom stereocenters. The van der Waals surface area contributed by atoms with Gasteiger partial charge < -0.3 is 5.11 Å². The van der Waals surface area contributed by atoms with Crippen LogP contribution in [0.2, 0.25) is 0 Å². The third-order valence-corrected chi connectivity index (χ3v) is 7.56. The molecule has 108 valence electrons. The predicted octanol–water partition coefficient (Wildman–Crippen LogP) is 3.62. The molecule has 0 radical (unpaired) electrons. The van der Waals surface area contributed by atoms with E-state index in [0.29, 0.717) is 23.2 Å². The van der Waals surface area contributed by atoms with E-state index in [9.17, 15) is 18.3 Å². The van der Waals surface area contributed by atoms with E-state index in [1.54, 1.807) is 0 Å². The van der Waals surface area contributed by atoms with Gasteiger partial charge in [-0.05, 0) is 66.6 Å². The fourth-order valence-electron chi connectivity index (χ4n) is 6.56. The highest BCUT2D eigenvalue weighted by molar-refractivity contribution is 5.37. The topological polar surface area (TPSA) is 20.2 Å². The van der Waals surface area contributed by atoms with Gasteiger partial charge in [0.25, 0.3) is 0 Å². The molecule has 0 heterocycles. The zero-order valence-electron chi connectivity index (χ0n) is 11.6. The second-order valence-corrected chi connectivity index (χ2v) is 8.03. The van der Waals surface area contributed by atoms with Crippen molar-refractivity contribution in [2.24, 2.45) is 40.4 Å². The molecule has 0 aliphatic heterocycles. The maximum atomic E-state index is 12.9. The highest BCUT2D eigenvalue weighted by Crippen LogP contribution is 2.95. The van der Waals surface area contributed by atoms with E-state index in [1.807, 2.05) is 0 Å². The molecule has 4 fully saturated rings. The minimum absolute atomic E-state index is 0.0744. The Kier molecular flexibility index (Phi) is 1.88. The van der Waals surface area contributed by atoms with Crippen LogP contribution in [-0.2, 0) is 0 Å². The van der Waals surface area contributed by atoms with Gasteiger partial charge in [-0.2, -0.15) is 13.2 Å². The highest BCUT2D eigenvalue weighted by atomic mass is 19.4. The molecule has 0 amide bonds. The van der Waals surface area contributed by atoms with Crippen LogP contribution in [-0.4, -0.2) is 16.9 Å². The molecule has 19 heavy (non-hydrogen) atoms. The lowest BCUT2D eigenvalue weighted by Gasteiger charge is -2.32. The number of rotatable bonds is 2. The first kappa shape index (κ1) is 12.5. The first-order valence-corrected chi connectivity index (χ1v) is 7.37. The van der Waals surface area contributed by atoms with Gasteiger partial charge in [-0.1, -0.05) is 13.8 Å². The van der Waals surface area contributed by atoms with Crippen molar-refractivity contribution in [2.75, 3.05) is 0 Å². The van der Waals surface area contributed by atoms with Gasteiger partial charge in [-0.3, -0.25) is 0 Å². The summed E-state index contributed by atoms with van der Waals surface area (Å²) in [5, 5.41) is 9.80. The van der Waals surface area contributed by atoms with Gasteiger partial charge in [-0.15, -0.1) is 0 Å². The Morgan fingerprint density at radius 1 is 1.16 bits per heavy atom. The zero-order valence-corrected chi connectivity index (χ0v) is 11.6. The normalized spacial score (nSPS) is 60.5. The monoisotopic (exact) mass is 274 g/mol. The Balaban J connectivity index is 1.60. The summed E-state index contributed by atoms with van der Waals surface area (Å²) >= 11 is 0. The van der Waals surface area contributed by atoms with Gasteiger partial charge in [0.15, 0.2) is 5.60 Å². The average molecular weight is 274 g/mol. The zero-order chi connectivity index (χ0) is 14.0. The van der Waals surface area contributed by atoms with Crippen molar-refractivity contribution in [3.63, 3.8) is 0 Å². The molecule has 0 saturated heterocycles. The molecule has 2 spiro atoms. The molecule has 0 aromatic carbocycles. The summed E-state index contributed by atoms with van der Waals surface area (Å²) in [6.45, 7) is 5.42. The Morgan fingerprint density at radius 2 is 1.79 bits per heavy atom. The lowest BCUT2D eigenvalue weighted by atomic mass is 9.79. The number of halogens is 3. The molecule has 4 rings (SSSR count). The fourth-order valence-corrected chi connectivity index (χ4v) is 6.56. The average Bonchev–Trinajstić information content (AvgIpc) is 2.90. The third kappa shape index (κ3) is 1.12. The minimum Gasteiger partial charge on any atom is -0.381 e. The molecule has 8 unspecified atom stereocenters. The van der Waals surface area contributed by atoms with E-state index in [0.717, 1.165) is 25.7 Å². The van der Waals surface area contributed by atoms with Crippen LogP contribution in [0.25, 0.3) is 0 Å². The molecule has 1 N–H and O–H groups in total. The number of hydrogen-bond donors (Lipinski definition) is 1. The van der Waals surface area contributed by atoms with Gasteiger partial charge in [0.1, 0.15) is 0 Å². The largest absolute Gasteiger partial charge is 0.416 e. The van der Waals surface area contributed by atoms with E-state index >= 15 is 0 Å². The van der Waals surface area contributed by atoms with Crippen molar-refractivity contribution in [1.29, 1.82) is 0 Å². The van der Waals surface area contributed by atoms with Crippen LogP contribution in [0.5, 0.6) is 0 Å². The van der Waals surface area contributed by atoms with Crippen LogP contribution in [0.3, 0.4) is 0 Å². The van der Waals surface area contributed by atoms with Gasteiger partial charge in [0, 0.05) is 0 Å². The number of hydrogen-bond acceptors (Lipinski definition) is 1. The number of fused-ring (bicyclic) bond motifs is 1. The molecule has 2 bridgehead atoms. The molecule has 4 heteroatoms. The lowest BCUT2D eigenvalue weighted by Crippen LogP contribution is -2.44. The maximum absolute atomic E-state index is 12.9. The van der Waals surface area contributed by atoms with E-state index < -0.39 is 11.8 Å². The summed E-state index contributed by atoms with van der Waals surface area (Å²) in [5.41, 5.74) is -2.00. The summed E-state index contributed by atoms with van der Waals surface area (Å²) in [6.07, 6.45) is -2.55. The van der Waals surface area contributed by atoms with Crippen molar-refractivity contribution in [1.82, 2.24) is 0 Å². The van der Waals surface area contributed by atoms with Gasteiger partial charge >= 0.3 is 6.18 Å². The second kappa shape index (κ2) is 2.86. The third-order valence-electron chi connectivity index (χ3n) is 7.56. The Bertz CT molecular complexity index is 457. The summed E-state index contributed by atoms with van der Waals surface area (Å²) in [4.78, 5) is 0. The molecular weight excluding hydrogens is 253 g/mol. The quantitative estimate of drug-likeness (QED) is 0.815. The maximum Gasteiger partial charge on any atom is 0.416 e. The van der Waals surface area contributed by atoms with Crippen molar-refractivity contribution < 1.29 is 18.3 Å². The molecule has 0 aromatic rings. The fraction of sp³-hybridized carbons (Fsp3) is 1.00. The van der Waals surface area contributed by atoms with Crippen LogP contribution in [0, 0.1) is 40.4 Å². The van der Waals surface area contributed by atoms with Crippen molar-refractivity contribution in [3.8, 4) is 0 Å². The molecule has 4 aliphatic carbocycles.